The summed E-state index contributed by atoms with van der Waals surface area (Å²) in [6.07, 6.45) is 15.5. The van der Waals surface area contributed by atoms with Crippen LogP contribution in [0, 0.1) is 40.4 Å². The maximum atomic E-state index is 5.89. The molecule has 4 fully saturated rings. The van der Waals surface area contributed by atoms with E-state index in [-0.39, 0.29) is 0 Å². The summed E-state index contributed by atoms with van der Waals surface area (Å²) < 4.78 is 5.89. The van der Waals surface area contributed by atoms with Gasteiger partial charge in [0.25, 0.3) is 0 Å². The lowest BCUT2D eigenvalue weighted by atomic mass is 9.44. The third-order valence-electron chi connectivity index (χ3n) is 9.24. The fourth-order valence-corrected chi connectivity index (χ4v) is 8.14. The van der Waals surface area contributed by atoms with Gasteiger partial charge in [-0.15, -0.1) is 0 Å². The number of hydrogen-bond acceptors (Lipinski definition) is 1. The normalized spacial score (nSPS) is 52.7. The van der Waals surface area contributed by atoms with Crippen LogP contribution < -0.4 is 0 Å². The average Bonchev–Trinajstić information content (AvgIpc) is 2.92. The zero-order valence-electron chi connectivity index (χ0n) is 16.4. The summed E-state index contributed by atoms with van der Waals surface area (Å²) in [4.78, 5) is 0. The van der Waals surface area contributed by atoms with Crippen LogP contribution in [0.3, 0.4) is 0 Å². The molecule has 1 nitrogen and oxygen atoms in total. The molecule has 7 unspecified atom stereocenters. The Labute approximate surface area is 149 Å². The minimum atomic E-state index is 0.518. The number of rotatable bonds is 2. The first-order chi connectivity index (χ1) is 11.5. The summed E-state index contributed by atoms with van der Waals surface area (Å²) in [5.74, 6) is 4.75. The number of allylic oxidation sites excluding steroid dienone is 2. The van der Waals surface area contributed by atoms with Crippen LogP contribution in [0.2, 0.25) is 0 Å². The Morgan fingerprint density at radius 2 is 1.92 bits per heavy atom. The topological polar surface area (TPSA) is 9.23 Å². The highest BCUT2D eigenvalue weighted by Gasteiger charge is 2.60. The smallest absolute Gasteiger partial charge is 0.0524 e. The van der Waals surface area contributed by atoms with Crippen LogP contribution in [0.25, 0.3) is 0 Å². The molecule has 0 aromatic heterocycles. The molecular weight excluding hydrogens is 292 g/mol. The fraction of sp³-hybridized carbons (Fsp3) is 0.913. The largest absolute Gasteiger partial charge is 0.384 e. The van der Waals surface area contributed by atoms with Crippen molar-refractivity contribution in [2.24, 2.45) is 40.4 Å². The van der Waals surface area contributed by atoms with E-state index in [1.54, 1.807) is 5.57 Å². The van der Waals surface area contributed by atoms with Crippen molar-refractivity contribution in [2.75, 3.05) is 13.7 Å². The van der Waals surface area contributed by atoms with Crippen LogP contribution in [-0.2, 0) is 4.74 Å². The Hall–Kier alpha value is -0.300. The molecule has 4 aliphatic rings. The molecule has 0 N–H and O–H groups in total. The van der Waals surface area contributed by atoms with E-state index in [2.05, 4.69) is 26.8 Å². The average molecular weight is 331 g/mol. The number of methoxy groups -OCH3 is 1. The van der Waals surface area contributed by atoms with Crippen molar-refractivity contribution in [1.82, 2.24) is 0 Å². The first-order valence-corrected chi connectivity index (χ1v) is 10.7. The lowest BCUT2D eigenvalue weighted by molar-refractivity contribution is -0.142. The van der Waals surface area contributed by atoms with Gasteiger partial charge in [0.2, 0.25) is 0 Å². The van der Waals surface area contributed by atoms with E-state index >= 15 is 0 Å². The van der Waals surface area contributed by atoms with Gasteiger partial charge in [-0.1, -0.05) is 31.9 Å². The molecule has 0 aliphatic heterocycles. The van der Waals surface area contributed by atoms with Gasteiger partial charge in [0.15, 0.2) is 0 Å². The van der Waals surface area contributed by atoms with Gasteiger partial charge in [0.05, 0.1) is 6.61 Å². The van der Waals surface area contributed by atoms with Crippen LogP contribution in [0.5, 0.6) is 0 Å². The molecular formula is C23H38O. The molecule has 0 radical (unpaired) electrons. The summed E-state index contributed by atoms with van der Waals surface area (Å²) in [5.41, 5.74) is 2.83. The molecule has 0 heterocycles. The zero-order valence-corrected chi connectivity index (χ0v) is 16.4. The molecule has 0 bridgehead atoms. The van der Waals surface area contributed by atoms with Crippen LogP contribution >= 0.6 is 0 Å². The number of ether oxygens (including phenoxy) is 1. The van der Waals surface area contributed by atoms with Gasteiger partial charge in [-0.3, -0.25) is 0 Å². The lowest BCUT2D eigenvalue weighted by Gasteiger charge is -2.61. The Balaban J connectivity index is 1.66. The second kappa shape index (κ2) is 6.15. The highest BCUT2D eigenvalue weighted by molar-refractivity contribution is 5.23. The van der Waals surface area contributed by atoms with E-state index in [0.717, 1.165) is 36.2 Å². The molecule has 0 aromatic rings. The van der Waals surface area contributed by atoms with Gasteiger partial charge >= 0.3 is 0 Å². The first-order valence-electron chi connectivity index (χ1n) is 10.7. The molecule has 24 heavy (non-hydrogen) atoms. The van der Waals surface area contributed by atoms with Gasteiger partial charge < -0.3 is 4.74 Å². The summed E-state index contributed by atoms with van der Waals surface area (Å²) in [5, 5.41) is 0. The molecule has 4 rings (SSSR count). The van der Waals surface area contributed by atoms with E-state index in [1.807, 2.05) is 7.11 Å². The number of hydrogen-bond donors (Lipinski definition) is 0. The third-order valence-corrected chi connectivity index (χ3v) is 9.24. The summed E-state index contributed by atoms with van der Waals surface area (Å²) in [6.45, 7) is 8.40. The Kier molecular flexibility index (Phi) is 4.39. The summed E-state index contributed by atoms with van der Waals surface area (Å²) in [7, 11) is 1.95. The standard InChI is InChI=1S/C23H38O/c1-5-17-7-9-20-19-8-6-18-14-16(2)10-13-23(18,15-24-4)21(19)11-12-22(17,20)3/h5,16,18-21H,6-15H2,1-4H3/b17-5+. The van der Waals surface area contributed by atoms with Crippen molar-refractivity contribution in [2.45, 2.75) is 78.6 Å². The zero-order chi connectivity index (χ0) is 16.9. The molecule has 4 saturated carbocycles. The van der Waals surface area contributed by atoms with Gasteiger partial charge in [0.1, 0.15) is 0 Å². The molecule has 0 amide bonds. The van der Waals surface area contributed by atoms with E-state index < -0.39 is 0 Å². The molecule has 4 aliphatic carbocycles. The molecule has 0 spiro atoms. The Bertz CT molecular complexity index is 508. The predicted octanol–water partition coefficient (Wildman–Crippen LogP) is 6.24. The lowest BCUT2D eigenvalue weighted by Crippen LogP contribution is -2.55. The van der Waals surface area contributed by atoms with Crippen LogP contribution in [0.15, 0.2) is 11.6 Å². The monoisotopic (exact) mass is 330 g/mol. The van der Waals surface area contributed by atoms with Crippen molar-refractivity contribution in [3.05, 3.63) is 11.6 Å². The third kappa shape index (κ3) is 2.29. The molecule has 1 heteroatoms. The quantitative estimate of drug-likeness (QED) is 0.545. The van der Waals surface area contributed by atoms with Crippen molar-refractivity contribution in [1.29, 1.82) is 0 Å². The first kappa shape index (κ1) is 17.1. The van der Waals surface area contributed by atoms with Crippen molar-refractivity contribution in [3.8, 4) is 0 Å². The van der Waals surface area contributed by atoms with Crippen LogP contribution in [0.1, 0.15) is 78.6 Å². The minimum absolute atomic E-state index is 0.518. The molecule has 0 saturated heterocycles. The van der Waals surface area contributed by atoms with E-state index in [1.165, 1.54) is 57.8 Å². The maximum Gasteiger partial charge on any atom is 0.0524 e. The highest BCUT2D eigenvalue weighted by atomic mass is 16.5. The second-order valence-electron chi connectivity index (χ2n) is 10.0. The molecule has 7 atom stereocenters. The minimum Gasteiger partial charge on any atom is -0.384 e. The maximum absolute atomic E-state index is 5.89. The van der Waals surface area contributed by atoms with Gasteiger partial charge in [-0.25, -0.2) is 0 Å². The summed E-state index contributed by atoms with van der Waals surface area (Å²) >= 11 is 0. The SMILES string of the molecule is C/C=C1\CCC2C3CCC4CC(C)CCC4(COC)C3CCC12C. The Morgan fingerprint density at radius 3 is 2.67 bits per heavy atom. The van der Waals surface area contributed by atoms with E-state index in [0.29, 0.717) is 10.8 Å². The van der Waals surface area contributed by atoms with Gasteiger partial charge in [-0.2, -0.15) is 0 Å². The van der Waals surface area contributed by atoms with Gasteiger partial charge in [-0.05, 0) is 98.7 Å². The number of fused-ring (bicyclic) bond motifs is 5. The van der Waals surface area contributed by atoms with Crippen molar-refractivity contribution < 1.29 is 4.74 Å². The van der Waals surface area contributed by atoms with E-state index in [4.69, 9.17) is 4.74 Å². The van der Waals surface area contributed by atoms with Crippen LogP contribution in [-0.4, -0.2) is 13.7 Å². The highest BCUT2D eigenvalue weighted by Crippen LogP contribution is 2.67. The fourth-order valence-electron chi connectivity index (χ4n) is 8.14. The summed E-state index contributed by atoms with van der Waals surface area (Å²) in [6, 6.07) is 0. The van der Waals surface area contributed by atoms with E-state index in [9.17, 15) is 0 Å². The second-order valence-corrected chi connectivity index (χ2v) is 10.0. The van der Waals surface area contributed by atoms with Crippen molar-refractivity contribution >= 4 is 0 Å². The Morgan fingerprint density at radius 1 is 1.08 bits per heavy atom. The predicted molar refractivity (Wildman–Crippen MR) is 101 cm³/mol. The van der Waals surface area contributed by atoms with Crippen LogP contribution in [0.4, 0.5) is 0 Å². The van der Waals surface area contributed by atoms with Gasteiger partial charge in [0, 0.05) is 7.11 Å². The molecule has 136 valence electrons. The molecule has 0 aromatic carbocycles. The van der Waals surface area contributed by atoms with Crippen molar-refractivity contribution in [3.63, 3.8) is 0 Å².